The Morgan fingerprint density at radius 3 is 2.50 bits per heavy atom. The van der Waals surface area contributed by atoms with Crippen LogP contribution in [0, 0.1) is 5.41 Å². The van der Waals surface area contributed by atoms with Gasteiger partial charge in [-0.15, -0.1) is 0 Å². The van der Waals surface area contributed by atoms with Crippen molar-refractivity contribution in [2.75, 3.05) is 13.2 Å². The van der Waals surface area contributed by atoms with Gasteiger partial charge in [-0.25, -0.2) is 10.0 Å². The summed E-state index contributed by atoms with van der Waals surface area (Å²) in [5.74, 6) is -0.459. The van der Waals surface area contributed by atoms with E-state index in [1.165, 1.54) is 5.56 Å². The van der Waals surface area contributed by atoms with E-state index in [4.69, 9.17) is 4.74 Å². The minimum atomic E-state index is -0.994. The molecule has 0 bridgehead atoms. The van der Waals surface area contributed by atoms with Crippen LogP contribution in [-0.4, -0.2) is 35.0 Å². The number of hydrogen-bond donors (Lipinski definition) is 0. The van der Waals surface area contributed by atoms with Crippen LogP contribution in [0.3, 0.4) is 0 Å². The minimum absolute atomic E-state index is 0.160. The molecule has 2 aliphatic rings. The molecule has 0 aromatic heterocycles. The predicted molar refractivity (Wildman–Crippen MR) is 115 cm³/mol. The molecule has 1 fully saturated rings. The first-order valence-electron chi connectivity index (χ1n) is 10.7. The summed E-state index contributed by atoms with van der Waals surface area (Å²) in [5.41, 5.74) is 2.39. The summed E-state index contributed by atoms with van der Waals surface area (Å²) >= 11 is 0. The maximum Gasteiger partial charge on any atom is 0.320 e. The van der Waals surface area contributed by atoms with Crippen molar-refractivity contribution in [3.63, 3.8) is 0 Å². The molecule has 0 saturated carbocycles. The van der Waals surface area contributed by atoms with Gasteiger partial charge in [-0.1, -0.05) is 62.4 Å². The van der Waals surface area contributed by atoms with E-state index in [1.807, 2.05) is 42.3 Å². The topological polar surface area (TPSA) is 49.9 Å². The Morgan fingerprint density at radius 2 is 1.80 bits per heavy atom. The highest BCUT2D eigenvalue weighted by atomic mass is 16.5. The van der Waals surface area contributed by atoms with Crippen molar-refractivity contribution in [1.82, 2.24) is 10.0 Å². The van der Waals surface area contributed by atoms with Crippen molar-refractivity contribution in [3.8, 4) is 0 Å². The molecule has 0 radical (unpaired) electrons. The molecule has 2 aromatic rings. The van der Waals surface area contributed by atoms with Crippen molar-refractivity contribution < 1.29 is 14.3 Å². The van der Waals surface area contributed by atoms with E-state index in [1.54, 1.807) is 17.1 Å². The highest BCUT2D eigenvalue weighted by Crippen LogP contribution is 2.57. The zero-order valence-corrected chi connectivity index (χ0v) is 17.6. The first-order chi connectivity index (χ1) is 14.6. The van der Waals surface area contributed by atoms with E-state index >= 15 is 0 Å². The molecule has 1 saturated heterocycles. The van der Waals surface area contributed by atoms with Crippen LogP contribution in [-0.2, 0) is 16.0 Å². The molecule has 1 amide bonds. The summed E-state index contributed by atoms with van der Waals surface area (Å²) < 4.78 is 5.59. The lowest BCUT2D eigenvalue weighted by Gasteiger charge is -2.39. The average molecular weight is 405 g/mol. The van der Waals surface area contributed by atoms with Gasteiger partial charge in [-0.3, -0.25) is 9.59 Å². The average Bonchev–Trinajstić information content (AvgIpc) is 3.03. The molecule has 0 N–H and O–H groups in total. The molecule has 0 aliphatic carbocycles. The van der Waals surface area contributed by atoms with Crippen molar-refractivity contribution in [3.05, 3.63) is 83.6 Å². The van der Waals surface area contributed by atoms with E-state index in [0.29, 0.717) is 30.8 Å². The molecule has 5 nitrogen and oxygen atoms in total. The van der Waals surface area contributed by atoms with Gasteiger partial charge >= 0.3 is 5.97 Å². The van der Waals surface area contributed by atoms with E-state index in [0.717, 1.165) is 18.4 Å². The monoisotopic (exact) mass is 404 g/mol. The van der Waals surface area contributed by atoms with Crippen LogP contribution in [0.5, 0.6) is 0 Å². The van der Waals surface area contributed by atoms with Crippen LogP contribution >= 0.6 is 0 Å². The maximum atomic E-state index is 13.6. The summed E-state index contributed by atoms with van der Waals surface area (Å²) in [6.07, 6.45) is 2.15. The number of hydrazine groups is 1. The van der Waals surface area contributed by atoms with E-state index in [-0.39, 0.29) is 17.9 Å². The van der Waals surface area contributed by atoms with Crippen LogP contribution < -0.4 is 0 Å². The van der Waals surface area contributed by atoms with Crippen LogP contribution in [0.1, 0.15) is 54.2 Å². The molecule has 156 valence electrons. The Kier molecular flexibility index (Phi) is 5.48. The highest BCUT2D eigenvalue weighted by Gasteiger charge is 2.62. The van der Waals surface area contributed by atoms with Gasteiger partial charge in [0.05, 0.1) is 18.3 Å². The summed E-state index contributed by atoms with van der Waals surface area (Å²) in [6.45, 7) is 9.12. The third-order valence-electron chi connectivity index (χ3n) is 6.25. The van der Waals surface area contributed by atoms with Gasteiger partial charge in [0.15, 0.2) is 0 Å². The standard InChI is InChI=1S/C25H28N2O3/c1-4-16-25(24(29)30-5-2)18(3)27(23(28)20-12-7-6-8-13-20)26-17-15-19-11-9-10-14-21(19)22(25)26/h6-14,22H,3-5,15-17H2,1-2H3/t22-,25-/m1/s1. The fourth-order valence-corrected chi connectivity index (χ4v) is 5.00. The largest absolute Gasteiger partial charge is 0.465 e. The summed E-state index contributed by atoms with van der Waals surface area (Å²) in [6, 6.07) is 17.1. The van der Waals surface area contributed by atoms with Crippen LogP contribution in [0.4, 0.5) is 0 Å². The molecule has 2 aliphatic heterocycles. The van der Waals surface area contributed by atoms with Gasteiger partial charge in [0.2, 0.25) is 0 Å². The molecular weight excluding hydrogens is 376 g/mol. The van der Waals surface area contributed by atoms with E-state index in [9.17, 15) is 9.59 Å². The van der Waals surface area contributed by atoms with Gasteiger partial charge in [-0.05, 0) is 43.0 Å². The Labute approximate surface area is 177 Å². The molecule has 0 unspecified atom stereocenters. The van der Waals surface area contributed by atoms with Crippen molar-refractivity contribution in [2.45, 2.75) is 39.2 Å². The summed E-state index contributed by atoms with van der Waals surface area (Å²) in [7, 11) is 0. The molecule has 2 atom stereocenters. The zero-order chi connectivity index (χ0) is 21.3. The van der Waals surface area contributed by atoms with Crippen molar-refractivity contribution in [2.24, 2.45) is 5.41 Å². The number of ether oxygens (including phenoxy) is 1. The van der Waals surface area contributed by atoms with Gasteiger partial charge < -0.3 is 4.74 Å². The summed E-state index contributed by atoms with van der Waals surface area (Å²) in [4.78, 5) is 27.1. The number of rotatable bonds is 5. The van der Waals surface area contributed by atoms with Crippen LogP contribution in [0.25, 0.3) is 0 Å². The molecule has 5 heteroatoms. The molecule has 2 heterocycles. The molecule has 0 spiro atoms. The smallest absolute Gasteiger partial charge is 0.320 e. The molecular formula is C25H28N2O3. The van der Waals surface area contributed by atoms with Crippen molar-refractivity contribution in [1.29, 1.82) is 0 Å². The Balaban J connectivity index is 1.90. The minimum Gasteiger partial charge on any atom is -0.465 e. The first kappa shape index (κ1) is 20.4. The predicted octanol–water partition coefficient (Wildman–Crippen LogP) is 4.52. The number of hydrogen-bond acceptors (Lipinski definition) is 4. The number of fused-ring (bicyclic) bond motifs is 3. The third kappa shape index (κ3) is 2.96. The number of amides is 1. The summed E-state index contributed by atoms with van der Waals surface area (Å²) in [5, 5.41) is 3.68. The number of benzene rings is 2. The molecule has 2 aromatic carbocycles. The quantitative estimate of drug-likeness (QED) is 0.688. The SMILES string of the molecule is C=C1N(C(=O)c2ccccc2)N2CCc3ccccc3[C@@H]2[C@]1(CCC)C(=O)OCC. The zero-order valence-electron chi connectivity index (χ0n) is 17.6. The van der Waals surface area contributed by atoms with E-state index in [2.05, 4.69) is 25.6 Å². The lowest BCUT2D eigenvalue weighted by molar-refractivity contribution is -0.156. The van der Waals surface area contributed by atoms with Gasteiger partial charge in [0.1, 0.15) is 5.41 Å². The molecule has 4 rings (SSSR count). The Morgan fingerprint density at radius 1 is 1.10 bits per heavy atom. The van der Waals surface area contributed by atoms with Crippen LogP contribution in [0.2, 0.25) is 0 Å². The number of carbonyl (C=O) groups is 2. The maximum absolute atomic E-state index is 13.6. The van der Waals surface area contributed by atoms with Crippen molar-refractivity contribution >= 4 is 11.9 Å². The number of nitrogens with zero attached hydrogens (tertiary/aromatic N) is 2. The van der Waals surface area contributed by atoms with E-state index < -0.39 is 5.41 Å². The molecule has 30 heavy (non-hydrogen) atoms. The first-order valence-corrected chi connectivity index (χ1v) is 10.7. The fourth-order valence-electron chi connectivity index (χ4n) is 5.00. The fraction of sp³-hybridized carbons (Fsp3) is 0.360. The van der Waals surface area contributed by atoms with Gasteiger partial charge in [0.25, 0.3) is 5.91 Å². The number of esters is 1. The second-order valence-corrected chi connectivity index (χ2v) is 7.89. The lowest BCUT2D eigenvalue weighted by Crippen LogP contribution is -2.45. The number of carbonyl (C=O) groups excluding carboxylic acids is 2. The second-order valence-electron chi connectivity index (χ2n) is 7.89. The van der Waals surface area contributed by atoms with Gasteiger partial charge in [-0.2, -0.15) is 0 Å². The van der Waals surface area contributed by atoms with Crippen LogP contribution in [0.15, 0.2) is 66.9 Å². The Hall–Kier alpha value is -2.92. The third-order valence-corrected chi connectivity index (χ3v) is 6.25. The highest BCUT2D eigenvalue weighted by molar-refractivity contribution is 5.97. The lowest BCUT2D eigenvalue weighted by atomic mass is 9.70. The Bertz CT molecular complexity index is 971. The second kappa shape index (κ2) is 8.07. The van der Waals surface area contributed by atoms with Gasteiger partial charge in [0, 0.05) is 12.1 Å². The normalized spacial score (nSPS) is 23.1.